The molecule has 1 amide bonds. The van der Waals surface area contributed by atoms with E-state index in [-0.39, 0.29) is 5.91 Å². The minimum absolute atomic E-state index is 0.0483. The first-order valence-electron chi connectivity index (χ1n) is 7.22. The standard InChI is InChI=1S/C16H24N2O2/c1-13-3-5-14(6-4-13)11-17-15(19)12-18-9-7-16(2,20)8-10-18/h3-6,20H,7-12H2,1-2H3,(H,17,19). The number of nitrogens with zero attached hydrogens (tertiary/aromatic N) is 1. The zero-order valence-corrected chi connectivity index (χ0v) is 12.4. The summed E-state index contributed by atoms with van der Waals surface area (Å²) < 4.78 is 0. The Morgan fingerprint density at radius 2 is 1.90 bits per heavy atom. The van der Waals surface area contributed by atoms with Crippen molar-refractivity contribution in [2.75, 3.05) is 19.6 Å². The molecule has 1 aromatic carbocycles. The van der Waals surface area contributed by atoms with Crippen LogP contribution in [0.15, 0.2) is 24.3 Å². The van der Waals surface area contributed by atoms with E-state index >= 15 is 0 Å². The number of benzene rings is 1. The molecule has 1 aliphatic heterocycles. The lowest BCUT2D eigenvalue weighted by Crippen LogP contribution is -2.46. The molecule has 4 nitrogen and oxygen atoms in total. The van der Waals surface area contributed by atoms with E-state index < -0.39 is 5.60 Å². The second-order valence-corrected chi connectivity index (χ2v) is 6.04. The summed E-state index contributed by atoms with van der Waals surface area (Å²) in [5.74, 6) is 0.0483. The van der Waals surface area contributed by atoms with Gasteiger partial charge in [-0.1, -0.05) is 29.8 Å². The van der Waals surface area contributed by atoms with Crippen molar-refractivity contribution < 1.29 is 9.90 Å². The lowest BCUT2D eigenvalue weighted by Gasteiger charge is -2.35. The van der Waals surface area contributed by atoms with Gasteiger partial charge in [0.15, 0.2) is 0 Å². The maximum Gasteiger partial charge on any atom is 0.234 e. The van der Waals surface area contributed by atoms with Crippen molar-refractivity contribution in [1.29, 1.82) is 0 Å². The van der Waals surface area contributed by atoms with Crippen molar-refractivity contribution in [2.45, 2.75) is 38.8 Å². The van der Waals surface area contributed by atoms with Gasteiger partial charge in [-0.15, -0.1) is 0 Å². The van der Waals surface area contributed by atoms with Crippen molar-refractivity contribution >= 4 is 5.91 Å². The van der Waals surface area contributed by atoms with E-state index in [1.54, 1.807) is 0 Å². The highest BCUT2D eigenvalue weighted by atomic mass is 16.3. The predicted octanol–water partition coefficient (Wildman–Crippen LogP) is 1.46. The molecule has 0 atom stereocenters. The van der Waals surface area contributed by atoms with Gasteiger partial charge in [-0.25, -0.2) is 0 Å². The quantitative estimate of drug-likeness (QED) is 0.875. The van der Waals surface area contributed by atoms with Crippen LogP contribution in [-0.2, 0) is 11.3 Å². The Labute approximate surface area is 120 Å². The number of hydrogen-bond donors (Lipinski definition) is 2. The van der Waals surface area contributed by atoms with E-state index in [9.17, 15) is 9.90 Å². The number of carbonyl (C=O) groups is 1. The number of amides is 1. The zero-order valence-electron chi connectivity index (χ0n) is 12.4. The smallest absolute Gasteiger partial charge is 0.234 e. The Morgan fingerprint density at radius 3 is 2.50 bits per heavy atom. The number of aryl methyl sites for hydroxylation is 1. The highest BCUT2D eigenvalue weighted by Gasteiger charge is 2.27. The molecule has 2 N–H and O–H groups in total. The van der Waals surface area contributed by atoms with E-state index in [1.807, 2.05) is 38.1 Å². The molecule has 110 valence electrons. The molecular weight excluding hydrogens is 252 g/mol. The lowest BCUT2D eigenvalue weighted by molar-refractivity contribution is -0.123. The Hall–Kier alpha value is -1.39. The van der Waals surface area contributed by atoms with Crippen LogP contribution in [-0.4, -0.2) is 41.1 Å². The van der Waals surface area contributed by atoms with Gasteiger partial charge in [-0.2, -0.15) is 0 Å². The molecule has 1 fully saturated rings. The number of likely N-dealkylation sites (tertiary alicyclic amines) is 1. The molecule has 1 saturated heterocycles. The molecule has 1 heterocycles. The second kappa shape index (κ2) is 6.37. The highest BCUT2D eigenvalue weighted by molar-refractivity contribution is 5.78. The molecule has 0 bridgehead atoms. The molecular formula is C16H24N2O2. The van der Waals surface area contributed by atoms with Crippen molar-refractivity contribution in [3.05, 3.63) is 35.4 Å². The summed E-state index contributed by atoms with van der Waals surface area (Å²) in [6.07, 6.45) is 1.47. The highest BCUT2D eigenvalue weighted by Crippen LogP contribution is 2.20. The normalized spacial score (nSPS) is 18.8. The summed E-state index contributed by atoms with van der Waals surface area (Å²) >= 11 is 0. The van der Waals surface area contributed by atoms with Crippen LogP contribution in [0.5, 0.6) is 0 Å². The average Bonchev–Trinajstić information content (AvgIpc) is 2.41. The molecule has 0 aliphatic carbocycles. The molecule has 1 aliphatic rings. The summed E-state index contributed by atoms with van der Waals surface area (Å²) in [5.41, 5.74) is 1.78. The summed E-state index contributed by atoms with van der Waals surface area (Å²) in [6, 6.07) is 8.17. The van der Waals surface area contributed by atoms with Crippen molar-refractivity contribution in [1.82, 2.24) is 10.2 Å². The first kappa shape index (κ1) is 15.0. The summed E-state index contributed by atoms with van der Waals surface area (Å²) in [7, 11) is 0. The molecule has 2 rings (SSSR count). The molecule has 0 saturated carbocycles. The van der Waals surface area contributed by atoms with Crippen LogP contribution < -0.4 is 5.32 Å². The van der Waals surface area contributed by atoms with Crippen LogP contribution in [0.4, 0.5) is 0 Å². The number of carbonyl (C=O) groups excluding carboxylic acids is 1. The molecule has 0 spiro atoms. The minimum atomic E-state index is -0.561. The number of piperidine rings is 1. The molecule has 0 radical (unpaired) electrons. The third-order valence-electron chi connectivity index (χ3n) is 3.91. The Morgan fingerprint density at radius 1 is 1.30 bits per heavy atom. The first-order valence-corrected chi connectivity index (χ1v) is 7.22. The third kappa shape index (κ3) is 4.62. The largest absolute Gasteiger partial charge is 0.390 e. The van der Waals surface area contributed by atoms with Crippen LogP contribution in [0.25, 0.3) is 0 Å². The first-order chi connectivity index (χ1) is 9.44. The SMILES string of the molecule is Cc1ccc(CNC(=O)CN2CCC(C)(O)CC2)cc1. The van der Waals surface area contributed by atoms with E-state index in [4.69, 9.17) is 0 Å². The third-order valence-corrected chi connectivity index (χ3v) is 3.91. The van der Waals surface area contributed by atoms with E-state index in [0.717, 1.165) is 31.5 Å². The van der Waals surface area contributed by atoms with Crippen LogP contribution in [0.2, 0.25) is 0 Å². The fraction of sp³-hybridized carbons (Fsp3) is 0.562. The van der Waals surface area contributed by atoms with Gasteiger partial charge >= 0.3 is 0 Å². The topological polar surface area (TPSA) is 52.6 Å². The number of nitrogens with one attached hydrogen (secondary N) is 1. The van der Waals surface area contributed by atoms with Gasteiger partial charge in [0.05, 0.1) is 12.1 Å². The number of rotatable bonds is 4. The summed E-state index contributed by atoms with van der Waals surface area (Å²) in [6.45, 7) is 6.47. The molecule has 1 aromatic rings. The fourth-order valence-corrected chi connectivity index (χ4v) is 2.36. The number of aliphatic hydroxyl groups is 1. The maximum atomic E-state index is 11.9. The van der Waals surface area contributed by atoms with E-state index in [0.29, 0.717) is 13.1 Å². The molecule has 20 heavy (non-hydrogen) atoms. The maximum absolute atomic E-state index is 11.9. The van der Waals surface area contributed by atoms with Crippen molar-refractivity contribution in [2.24, 2.45) is 0 Å². The minimum Gasteiger partial charge on any atom is -0.390 e. The van der Waals surface area contributed by atoms with Crippen molar-refractivity contribution in [3.8, 4) is 0 Å². The summed E-state index contributed by atoms with van der Waals surface area (Å²) in [4.78, 5) is 14.0. The van der Waals surface area contributed by atoms with Crippen LogP contribution >= 0.6 is 0 Å². The van der Waals surface area contributed by atoms with Gasteiger partial charge in [-0.05, 0) is 32.3 Å². The fourth-order valence-electron chi connectivity index (χ4n) is 2.36. The van der Waals surface area contributed by atoms with Gasteiger partial charge in [0.2, 0.25) is 5.91 Å². The van der Waals surface area contributed by atoms with E-state index in [2.05, 4.69) is 10.2 Å². The van der Waals surface area contributed by atoms with Crippen molar-refractivity contribution in [3.63, 3.8) is 0 Å². The zero-order chi connectivity index (χ0) is 14.6. The van der Waals surface area contributed by atoms with Gasteiger partial charge in [0.1, 0.15) is 0 Å². The second-order valence-electron chi connectivity index (χ2n) is 6.04. The van der Waals surface area contributed by atoms with E-state index in [1.165, 1.54) is 5.56 Å². The molecule has 0 unspecified atom stereocenters. The molecule has 0 aromatic heterocycles. The lowest BCUT2D eigenvalue weighted by atomic mass is 9.94. The van der Waals surface area contributed by atoms with Gasteiger partial charge in [0, 0.05) is 19.6 Å². The Bertz CT molecular complexity index is 444. The van der Waals surface area contributed by atoms with Crippen LogP contribution in [0, 0.1) is 6.92 Å². The van der Waals surface area contributed by atoms with Gasteiger partial charge in [0.25, 0.3) is 0 Å². The number of hydrogen-bond acceptors (Lipinski definition) is 3. The monoisotopic (exact) mass is 276 g/mol. The average molecular weight is 276 g/mol. The predicted molar refractivity (Wildman–Crippen MR) is 79.3 cm³/mol. The van der Waals surface area contributed by atoms with Crippen LogP contribution in [0.3, 0.4) is 0 Å². The Balaban J connectivity index is 1.72. The Kier molecular flexibility index (Phi) is 4.78. The van der Waals surface area contributed by atoms with Gasteiger partial charge in [-0.3, -0.25) is 9.69 Å². The summed E-state index contributed by atoms with van der Waals surface area (Å²) in [5, 5.41) is 12.8. The molecule has 4 heteroatoms. The van der Waals surface area contributed by atoms with Gasteiger partial charge < -0.3 is 10.4 Å². The van der Waals surface area contributed by atoms with Crippen LogP contribution in [0.1, 0.15) is 30.9 Å².